The van der Waals surface area contributed by atoms with Crippen LogP contribution >= 0.6 is 0 Å². The van der Waals surface area contributed by atoms with Gasteiger partial charge in [-0.15, -0.1) is 0 Å². The minimum Gasteiger partial charge on any atom is -0.385 e. The summed E-state index contributed by atoms with van der Waals surface area (Å²) < 4.78 is 1.35. The third-order valence-electron chi connectivity index (χ3n) is 1.61. The molecule has 0 bridgehead atoms. The van der Waals surface area contributed by atoms with Crippen molar-refractivity contribution in [2.45, 2.75) is 20.4 Å². The summed E-state index contributed by atoms with van der Waals surface area (Å²) in [5.74, 6) is 0.522. The van der Waals surface area contributed by atoms with Crippen molar-refractivity contribution >= 4 is 5.82 Å². The van der Waals surface area contributed by atoms with E-state index in [0.717, 1.165) is 0 Å². The first-order valence-electron chi connectivity index (χ1n) is 4.10. The van der Waals surface area contributed by atoms with Gasteiger partial charge in [-0.05, 0) is 5.92 Å². The molecule has 0 saturated carbocycles. The van der Waals surface area contributed by atoms with Crippen LogP contribution in [0, 0.1) is 5.92 Å². The van der Waals surface area contributed by atoms with Gasteiger partial charge in [0, 0.05) is 12.6 Å². The van der Waals surface area contributed by atoms with Crippen LogP contribution in [0.3, 0.4) is 0 Å². The first-order chi connectivity index (χ1) is 6.00. The fraction of sp³-hybridized carbons (Fsp3) is 0.500. The van der Waals surface area contributed by atoms with Crippen LogP contribution in [0.4, 0.5) is 5.82 Å². The molecule has 1 heterocycles. The van der Waals surface area contributed by atoms with Gasteiger partial charge in [0.05, 0.1) is 0 Å². The Hall–Kier alpha value is -1.52. The first kappa shape index (κ1) is 9.57. The van der Waals surface area contributed by atoms with E-state index in [-0.39, 0.29) is 5.82 Å². The highest BCUT2D eigenvalue weighted by Crippen LogP contribution is 1.99. The van der Waals surface area contributed by atoms with Crippen molar-refractivity contribution < 1.29 is 0 Å². The van der Waals surface area contributed by atoms with E-state index in [1.165, 1.54) is 10.6 Å². The molecule has 0 amide bonds. The first-order valence-corrected chi connectivity index (χ1v) is 4.10. The Labute approximate surface area is 75.2 Å². The second kappa shape index (κ2) is 3.47. The number of nitrogens with one attached hydrogen (secondary N) is 1. The fourth-order valence-electron chi connectivity index (χ4n) is 1.09. The van der Waals surface area contributed by atoms with Gasteiger partial charge in [0.1, 0.15) is 5.82 Å². The Morgan fingerprint density at radius 3 is 2.62 bits per heavy atom. The van der Waals surface area contributed by atoms with E-state index in [1.54, 1.807) is 0 Å². The Morgan fingerprint density at radius 2 is 2.15 bits per heavy atom. The van der Waals surface area contributed by atoms with Crippen molar-refractivity contribution in [1.29, 1.82) is 0 Å². The summed E-state index contributed by atoms with van der Waals surface area (Å²) >= 11 is 0. The molecule has 13 heavy (non-hydrogen) atoms. The lowest BCUT2D eigenvalue weighted by molar-refractivity contribution is 0.507. The number of nitrogen functional groups attached to an aromatic ring is 1. The van der Waals surface area contributed by atoms with E-state index >= 15 is 0 Å². The number of H-pyrrole nitrogens is 1. The number of hydrogen-bond donors (Lipinski definition) is 2. The molecule has 0 spiro atoms. The van der Waals surface area contributed by atoms with E-state index < -0.39 is 11.2 Å². The molecule has 1 aromatic rings. The van der Waals surface area contributed by atoms with Gasteiger partial charge < -0.3 is 5.73 Å². The van der Waals surface area contributed by atoms with E-state index in [2.05, 4.69) is 4.98 Å². The maximum atomic E-state index is 11.2. The number of anilines is 1. The van der Waals surface area contributed by atoms with Gasteiger partial charge in [-0.1, -0.05) is 13.8 Å². The molecule has 3 N–H and O–H groups in total. The molecule has 0 aliphatic carbocycles. The molecule has 0 fully saturated rings. The van der Waals surface area contributed by atoms with Gasteiger partial charge in [-0.3, -0.25) is 14.3 Å². The van der Waals surface area contributed by atoms with Crippen LogP contribution < -0.4 is 17.0 Å². The molecular weight excluding hydrogens is 170 g/mol. The average Bonchev–Trinajstić information content (AvgIpc) is 1.96. The van der Waals surface area contributed by atoms with Gasteiger partial charge in [-0.25, -0.2) is 4.79 Å². The Kier molecular flexibility index (Phi) is 2.55. The zero-order valence-corrected chi connectivity index (χ0v) is 7.70. The summed E-state index contributed by atoms with van der Waals surface area (Å²) in [6.45, 7) is 4.45. The zero-order valence-electron chi connectivity index (χ0n) is 7.70. The minimum atomic E-state index is -0.456. The molecule has 0 atom stereocenters. The largest absolute Gasteiger partial charge is 0.385 e. The lowest BCUT2D eigenvalue weighted by Crippen LogP contribution is -2.32. The summed E-state index contributed by atoms with van der Waals surface area (Å²) in [6.07, 6.45) is 0. The highest BCUT2D eigenvalue weighted by atomic mass is 16.2. The normalized spacial score (nSPS) is 10.7. The smallest absolute Gasteiger partial charge is 0.329 e. The Bertz CT molecular complexity index is 403. The van der Waals surface area contributed by atoms with Crippen molar-refractivity contribution in [3.8, 4) is 0 Å². The zero-order chi connectivity index (χ0) is 10.0. The second-order valence-corrected chi connectivity index (χ2v) is 3.37. The number of hydrogen-bond acceptors (Lipinski definition) is 3. The number of nitrogens with zero attached hydrogens (tertiary/aromatic N) is 1. The molecule has 5 heteroatoms. The Balaban J connectivity index is 3.22. The molecular formula is C8H13N3O2. The van der Waals surface area contributed by atoms with E-state index in [1.807, 2.05) is 13.8 Å². The molecule has 1 rings (SSSR count). The molecule has 0 unspecified atom stereocenters. The maximum absolute atomic E-state index is 11.2. The second-order valence-electron chi connectivity index (χ2n) is 3.37. The average molecular weight is 183 g/mol. The topological polar surface area (TPSA) is 80.9 Å². The predicted molar refractivity (Wildman–Crippen MR) is 50.6 cm³/mol. The number of rotatable bonds is 2. The van der Waals surface area contributed by atoms with Crippen LogP contribution in [0.15, 0.2) is 15.7 Å². The maximum Gasteiger partial charge on any atom is 0.329 e. The van der Waals surface area contributed by atoms with Gasteiger partial charge in [0.25, 0.3) is 5.56 Å². The van der Waals surface area contributed by atoms with Crippen LogP contribution in [0.5, 0.6) is 0 Å². The summed E-state index contributed by atoms with van der Waals surface area (Å²) in [6, 6.07) is 1.21. The summed E-state index contributed by atoms with van der Waals surface area (Å²) in [4.78, 5) is 24.2. The van der Waals surface area contributed by atoms with E-state index in [4.69, 9.17) is 5.73 Å². The molecule has 0 saturated heterocycles. The van der Waals surface area contributed by atoms with Gasteiger partial charge in [0.2, 0.25) is 0 Å². The Morgan fingerprint density at radius 1 is 1.54 bits per heavy atom. The molecule has 0 aliphatic rings. The number of aromatic nitrogens is 2. The van der Waals surface area contributed by atoms with Crippen LogP contribution in [-0.4, -0.2) is 9.55 Å². The summed E-state index contributed by atoms with van der Waals surface area (Å²) in [5, 5.41) is 0. The van der Waals surface area contributed by atoms with Gasteiger partial charge >= 0.3 is 5.69 Å². The van der Waals surface area contributed by atoms with Crippen LogP contribution in [0.2, 0.25) is 0 Å². The van der Waals surface area contributed by atoms with Crippen molar-refractivity contribution in [3.63, 3.8) is 0 Å². The van der Waals surface area contributed by atoms with E-state index in [9.17, 15) is 9.59 Å². The number of nitrogens with two attached hydrogens (primary N) is 1. The third-order valence-corrected chi connectivity index (χ3v) is 1.61. The lowest BCUT2D eigenvalue weighted by atomic mass is 10.2. The van der Waals surface area contributed by atoms with Gasteiger partial charge in [-0.2, -0.15) is 0 Å². The van der Waals surface area contributed by atoms with Crippen LogP contribution in [0.1, 0.15) is 13.8 Å². The highest BCUT2D eigenvalue weighted by Gasteiger charge is 2.03. The molecule has 1 aromatic heterocycles. The van der Waals surface area contributed by atoms with Crippen molar-refractivity contribution in [2.24, 2.45) is 5.92 Å². The fourth-order valence-corrected chi connectivity index (χ4v) is 1.09. The molecule has 0 radical (unpaired) electrons. The minimum absolute atomic E-state index is 0.211. The summed E-state index contributed by atoms with van der Waals surface area (Å²) in [5.41, 5.74) is 4.61. The van der Waals surface area contributed by atoms with Crippen LogP contribution in [-0.2, 0) is 6.54 Å². The molecule has 0 aliphatic heterocycles. The summed E-state index contributed by atoms with van der Waals surface area (Å²) in [7, 11) is 0. The van der Waals surface area contributed by atoms with Crippen LogP contribution in [0.25, 0.3) is 0 Å². The number of aromatic amines is 1. The monoisotopic (exact) mass is 183 g/mol. The lowest BCUT2D eigenvalue weighted by Gasteiger charge is -2.09. The predicted octanol–water partition coefficient (Wildman–Crippen LogP) is -0.225. The molecule has 72 valence electrons. The van der Waals surface area contributed by atoms with E-state index in [0.29, 0.717) is 12.5 Å². The molecule has 0 aromatic carbocycles. The van der Waals surface area contributed by atoms with Gasteiger partial charge in [0.15, 0.2) is 0 Å². The van der Waals surface area contributed by atoms with Crippen molar-refractivity contribution in [3.05, 3.63) is 26.9 Å². The highest BCUT2D eigenvalue weighted by molar-refractivity contribution is 5.25. The molecule has 5 nitrogen and oxygen atoms in total. The van der Waals surface area contributed by atoms with Crippen molar-refractivity contribution in [2.75, 3.05) is 5.73 Å². The standard InChI is InChI=1S/C8H13N3O2/c1-5(2)4-11-6(9)3-7(12)10-8(11)13/h3,5H,4,9H2,1-2H3,(H,10,12,13). The third kappa shape index (κ3) is 2.21. The quantitative estimate of drug-likeness (QED) is 0.664. The SMILES string of the molecule is CC(C)Cn1c(N)cc(=O)[nH]c1=O. The van der Waals surface area contributed by atoms with Crippen molar-refractivity contribution in [1.82, 2.24) is 9.55 Å².